The summed E-state index contributed by atoms with van der Waals surface area (Å²) >= 11 is 0. The van der Waals surface area contributed by atoms with Gasteiger partial charge in [0.15, 0.2) is 8.32 Å². The summed E-state index contributed by atoms with van der Waals surface area (Å²) in [5, 5.41) is 0. The molecule has 0 radical (unpaired) electrons. The highest BCUT2D eigenvalue weighted by molar-refractivity contribution is 6.69. The molecule has 12 heavy (non-hydrogen) atoms. The summed E-state index contributed by atoms with van der Waals surface area (Å²) in [5.74, 6) is -0.382. The summed E-state index contributed by atoms with van der Waals surface area (Å²) in [7, 11) is -1.65. The van der Waals surface area contributed by atoms with E-state index in [0.717, 1.165) is 6.26 Å². The standard InChI is InChI=1S/C8H16O3Si/c1-6-10-8(9)7(2)11-12(3,4)5/h6-7H,1H2,2-5H3. The summed E-state index contributed by atoms with van der Waals surface area (Å²) < 4.78 is 10.0. The highest BCUT2D eigenvalue weighted by Crippen LogP contribution is 2.07. The molecule has 1 unspecified atom stereocenters. The van der Waals surface area contributed by atoms with Gasteiger partial charge in [0, 0.05) is 0 Å². The minimum atomic E-state index is -1.65. The van der Waals surface area contributed by atoms with Gasteiger partial charge in [0.25, 0.3) is 0 Å². The molecule has 4 heteroatoms. The van der Waals surface area contributed by atoms with Crippen LogP contribution in [0.25, 0.3) is 0 Å². The van der Waals surface area contributed by atoms with Crippen LogP contribution in [0.1, 0.15) is 6.92 Å². The zero-order valence-corrected chi connectivity index (χ0v) is 9.09. The highest BCUT2D eigenvalue weighted by Gasteiger charge is 2.23. The van der Waals surface area contributed by atoms with Gasteiger partial charge in [-0.3, -0.25) is 0 Å². The Hall–Kier alpha value is -0.613. The van der Waals surface area contributed by atoms with Crippen LogP contribution in [0.3, 0.4) is 0 Å². The lowest BCUT2D eigenvalue weighted by molar-refractivity contribution is -0.145. The molecule has 0 aromatic rings. The number of carbonyl (C=O) groups excluding carboxylic acids is 1. The van der Waals surface area contributed by atoms with Gasteiger partial charge in [-0.05, 0) is 26.6 Å². The van der Waals surface area contributed by atoms with Crippen molar-refractivity contribution in [3.8, 4) is 0 Å². The number of ether oxygens (including phenoxy) is 1. The fraction of sp³-hybridized carbons (Fsp3) is 0.625. The zero-order valence-electron chi connectivity index (χ0n) is 8.09. The van der Waals surface area contributed by atoms with Crippen LogP contribution in [-0.2, 0) is 14.0 Å². The van der Waals surface area contributed by atoms with E-state index >= 15 is 0 Å². The smallest absolute Gasteiger partial charge is 0.338 e. The van der Waals surface area contributed by atoms with E-state index < -0.39 is 14.4 Å². The third-order valence-electron chi connectivity index (χ3n) is 1.06. The summed E-state index contributed by atoms with van der Waals surface area (Å²) in [6, 6.07) is 0. The Labute approximate surface area is 74.5 Å². The number of hydrogen-bond acceptors (Lipinski definition) is 3. The van der Waals surface area contributed by atoms with Crippen molar-refractivity contribution < 1.29 is 14.0 Å². The van der Waals surface area contributed by atoms with E-state index in [1.807, 2.05) is 19.6 Å². The van der Waals surface area contributed by atoms with Crippen molar-refractivity contribution in [1.29, 1.82) is 0 Å². The predicted molar refractivity (Wildman–Crippen MR) is 50.2 cm³/mol. The molecule has 0 spiro atoms. The summed E-state index contributed by atoms with van der Waals surface area (Å²) in [6.07, 6.45) is 0.626. The van der Waals surface area contributed by atoms with E-state index in [1.54, 1.807) is 6.92 Å². The maximum atomic E-state index is 11.0. The third kappa shape index (κ3) is 5.09. The van der Waals surface area contributed by atoms with Crippen molar-refractivity contribution in [3.63, 3.8) is 0 Å². The average molecular weight is 188 g/mol. The van der Waals surface area contributed by atoms with Crippen LogP contribution in [0.15, 0.2) is 12.8 Å². The minimum Gasteiger partial charge on any atom is -0.433 e. The minimum absolute atomic E-state index is 0.382. The zero-order chi connectivity index (χ0) is 9.78. The second kappa shape index (κ2) is 4.42. The van der Waals surface area contributed by atoms with Gasteiger partial charge in [0.05, 0.1) is 6.26 Å². The molecule has 3 nitrogen and oxygen atoms in total. The lowest BCUT2D eigenvalue weighted by atomic mass is 10.4. The van der Waals surface area contributed by atoms with Gasteiger partial charge in [-0.15, -0.1) is 0 Å². The molecule has 0 heterocycles. The Morgan fingerprint density at radius 1 is 1.50 bits per heavy atom. The summed E-state index contributed by atoms with van der Waals surface area (Å²) in [6.45, 7) is 11.0. The molecule has 1 atom stereocenters. The van der Waals surface area contributed by atoms with Crippen LogP contribution in [0.5, 0.6) is 0 Å². The molecule has 0 aliphatic rings. The van der Waals surface area contributed by atoms with Crippen molar-refractivity contribution in [1.82, 2.24) is 0 Å². The molecular weight excluding hydrogens is 172 g/mol. The van der Waals surface area contributed by atoms with Crippen LogP contribution in [0.4, 0.5) is 0 Å². The maximum Gasteiger partial charge on any atom is 0.338 e. The molecule has 0 fully saturated rings. The van der Waals surface area contributed by atoms with E-state index in [4.69, 9.17) is 4.43 Å². The van der Waals surface area contributed by atoms with Crippen LogP contribution < -0.4 is 0 Å². The van der Waals surface area contributed by atoms with Gasteiger partial charge in [0.2, 0.25) is 0 Å². The van der Waals surface area contributed by atoms with E-state index in [9.17, 15) is 4.79 Å². The number of hydrogen-bond donors (Lipinski definition) is 0. The van der Waals surface area contributed by atoms with Crippen molar-refractivity contribution in [2.75, 3.05) is 0 Å². The van der Waals surface area contributed by atoms with Gasteiger partial charge < -0.3 is 9.16 Å². The van der Waals surface area contributed by atoms with E-state index in [2.05, 4.69) is 11.3 Å². The van der Waals surface area contributed by atoms with Crippen molar-refractivity contribution >= 4 is 14.3 Å². The SMILES string of the molecule is C=COC(=O)C(C)O[Si](C)(C)C. The Bertz CT molecular complexity index is 172. The third-order valence-corrected chi connectivity index (χ3v) is 2.12. The molecule has 0 saturated heterocycles. The van der Waals surface area contributed by atoms with Crippen molar-refractivity contribution in [2.24, 2.45) is 0 Å². The highest BCUT2D eigenvalue weighted by atomic mass is 28.4. The first-order chi connectivity index (χ1) is 5.37. The van der Waals surface area contributed by atoms with Crippen molar-refractivity contribution in [2.45, 2.75) is 32.7 Å². The fourth-order valence-electron chi connectivity index (χ4n) is 0.756. The Balaban J connectivity index is 3.95. The van der Waals surface area contributed by atoms with Gasteiger partial charge in [-0.25, -0.2) is 4.79 Å². The molecule has 0 amide bonds. The second-order valence-electron chi connectivity index (χ2n) is 3.48. The van der Waals surface area contributed by atoms with Crippen LogP contribution >= 0.6 is 0 Å². The monoisotopic (exact) mass is 188 g/mol. The van der Waals surface area contributed by atoms with Gasteiger partial charge in [-0.2, -0.15) is 0 Å². The summed E-state index contributed by atoms with van der Waals surface area (Å²) in [5.41, 5.74) is 0. The van der Waals surface area contributed by atoms with Gasteiger partial charge >= 0.3 is 5.97 Å². The molecule has 0 bridgehead atoms. The van der Waals surface area contributed by atoms with Crippen LogP contribution in [0, 0.1) is 0 Å². The summed E-state index contributed by atoms with van der Waals surface area (Å²) in [4.78, 5) is 11.0. The van der Waals surface area contributed by atoms with E-state index in [-0.39, 0.29) is 5.97 Å². The first-order valence-electron chi connectivity index (χ1n) is 3.86. The quantitative estimate of drug-likeness (QED) is 0.384. The molecule has 0 N–H and O–H groups in total. The Kier molecular flexibility index (Phi) is 4.20. The number of esters is 1. The molecule has 70 valence electrons. The average Bonchev–Trinajstić information content (AvgIpc) is 1.84. The lowest BCUT2D eigenvalue weighted by Crippen LogP contribution is -2.35. The molecule has 0 saturated carbocycles. The second-order valence-corrected chi connectivity index (χ2v) is 7.94. The Morgan fingerprint density at radius 3 is 2.33 bits per heavy atom. The normalized spacial score (nSPS) is 13.7. The van der Waals surface area contributed by atoms with E-state index in [0.29, 0.717) is 0 Å². The van der Waals surface area contributed by atoms with Crippen LogP contribution in [-0.4, -0.2) is 20.4 Å². The van der Waals surface area contributed by atoms with Gasteiger partial charge in [-0.1, -0.05) is 6.58 Å². The number of rotatable bonds is 4. The molecular formula is C8H16O3Si. The molecule has 0 aliphatic heterocycles. The molecule has 0 aromatic heterocycles. The maximum absolute atomic E-state index is 11.0. The molecule has 0 rings (SSSR count). The lowest BCUT2D eigenvalue weighted by Gasteiger charge is -2.21. The largest absolute Gasteiger partial charge is 0.433 e. The van der Waals surface area contributed by atoms with Crippen molar-refractivity contribution in [3.05, 3.63) is 12.8 Å². The topological polar surface area (TPSA) is 35.5 Å². The first-order valence-corrected chi connectivity index (χ1v) is 7.27. The first kappa shape index (κ1) is 11.4. The number of carbonyl (C=O) groups is 1. The van der Waals surface area contributed by atoms with E-state index in [1.165, 1.54) is 0 Å². The van der Waals surface area contributed by atoms with Crippen LogP contribution in [0.2, 0.25) is 19.6 Å². The predicted octanol–water partition coefficient (Wildman–Crippen LogP) is 1.91. The Morgan fingerprint density at radius 2 is 2.00 bits per heavy atom. The molecule has 0 aliphatic carbocycles. The molecule has 0 aromatic carbocycles. The van der Waals surface area contributed by atoms with Gasteiger partial charge in [0.1, 0.15) is 6.10 Å². The fourth-order valence-corrected chi connectivity index (χ4v) is 1.91.